The molecule has 77 valence electrons. The molecule has 7 nitrogen and oxygen atoms in total. The molecule has 14 heavy (non-hydrogen) atoms. The number of carboxylic acids is 3. The molecule has 0 aromatic carbocycles. The molecule has 0 aromatic heterocycles. The van der Waals surface area contributed by atoms with Crippen LogP contribution in [0.3, 0.4) is 0 Å². The van der Waals surface area contributed by atoms with Crippen LogP contribution in [0.2, 0.25) is 0 Å². The largest absolute Gasteiger partial charge is 3.00 e. The molecule has 0 spiro atoms. The van der Waals surface area contributed by atoms with Crippen LogP contribution in [0.1, 0.15) is 12.8 Å². The third-order valence-corrected chi connectivity index (χ3v) is 1.25. The second-order valence-electron chi connectivity index (χ2n) is 2.42. The molecule has 0 aliphatic heterocycles. The van der Waals surface area contributed by atoms with Crippen molar-refractivity contribution in [2.24, 2.45) is 0 Å². The van der Waals surface area contributed by atoms with E-state index in [1.807, 2.05) is 0 Å². The average molecular weight is 339 g/mol. The number of hydrogen-bond acceptors (Lipinski definition) is 7. The van der Waals surface area contributed by atoms with Crippen molar-refractivity contribution in [1.82, 2.24) is 0 Å². The summed E-state index contributed by atoms with van der Waals surface area (Å²) >= 11 is 0. The van der Waals surface area contributed by atoms with E-state index in [4.69, 9.17) is 5.11 Å². The molecule has 1 N–H and O–H groups in total. The fourth-order valence-electron chi connectivity index (χ4n) is 0.684. The van der Waals surface area contributed by atoms with Gasteiger partial charge in [0.05, 0.1) is 5.97 Å². The Morgan fingerprint density at radius 1 is 1.00 bits per heavy atom. The van der Waals surface area contributed by atoms with Gasteiger partial charge in [0.2, 0.25) is 0 Å². The van der Waals surface area contributed by atoms with E-state index in [2.05, 4.69) is 0 Å². The van der Waals surface area contributed by atoms with Gasteiger partial charge in [-0.05, 0) is 0 Å². The van der Waals surface area contributed by atoms with Gasteiger partial charge in [-0.2, -0.15) is 0 Å². The zero-order valence-electron chi connectivity index (χ0n) is 6.72. The SMILES string of the molecule is O=C([O-])CC(O)(CC(=O)[O-])C(=O)[O-].[Sm+3]. The van der Waals surface area contributed by atoms with Crippen LogP contribution in [0.15, 0.2) is 0 Å². The molecule has 0 amide bonds. The number of aliphatic hydroxyl groups is 1. The van der Waals surface area contributed by atoms with E-state index in [-0.39, 0.29) is 40.4 Å². The molecule has 0 fully saturated rings. The Morgan fingerprint density at radius 3 is 1.43 bits per heavy atom. The minimum absolute atomic E-state index is 0. The van der Waals surface area contributed by atoms with Gasteiger partial charge in [-0.1, -0.05) is 0 Å². The number of carbonyl (C=O) groups excluding carboxylic acids is 3. The summed E-state index contributed by atoms with van der Waals surface area (Å²) in [5.74, 6) is -5.98. The van der Waals surface area contributed by atoms with Crippen LogP contribution in [-0.2, 0) is 14.4 Å². The minimum Gasteiger partial charge on any atom is -0.550 e. The first-order chi connectivity index (χ1) is 5.78. The summed E-state index contributed by atoms with van der Waals surface area (Å²) in [7, 11) is 0. The molecule has 0 aliphatic rings. The van der Waals surface area contributed by atoms with Gasteiger partial charge in [0.25, 0.3) is 0 Å². The van der Waals surface area contributed by atoms with Gasteiger partial charge in [-0.15, -0.1) is 0 Å². The van der Waals surface area contributed by atoms with E-state index in [9.17, 15) is 29.7 Å². The molecule has 0 unspecified atom stereocenters. The summed E-state index contributed by atoms with van der Waals surface area (Å²) < 4.78 is 0. The summed E-state index contributed by atoms with van der Waals surface area (Å²) in [6, 6.07) is 0. The minimum atomic E-state index is -2.97. The van der Waals surface area contributed by atoms with Crippen molar-refractivity contribution in [1.29, 1.82) is 0 Å². The Bertz CT molecular complexity index is 233. The van der Waals surface area contributed by atoms with Crippen LogP contribution in [-0.4, -0.2) is 28.6 Å². The van der Waals surface area contributed by atoms with Gasteiger partial charge in [-0.25, -0.2) is 0 Å². The van der Waals surface area contributed by atoms with Crippen molar-refractivity contribution in [2.75, 3.05) is 0 Å². The number of carbonyl (C=O) groups is 3. The van der Waals surface area contributed by atoms with Crippen LogP contribution in [0.5, 0.6) is 0 Å². The summed E-state index contributed by atoms with van der Waals surface area (Å²) in [4.78, 5) is 30.0. The first kappa shape index (κ1) is 16.1. The maximum absolute atomic E-state index is 10.1. The number of carboxylic acid groups (broad SMARTS) is 3. The topological polar surface area (TPSA) is 141 Å². The van der Waals surface area contributed by atoms with Crippen LogP contribution < -0.4 is 15.3 Å². The Hall–Kier alpha value is -0.292. The van der Waals surface area contributed by atoms with Crippen molar-refractivity contribution in [3.8, 4) is 0 Å². The molecular weight excluding hydrogens is 334 g/mol. The van der Waals surface area contributed by atoms with Crippen molar-refractivity contribution < 1.29 is 75.2 Å². The Balaban J connectivity index is 0. The number of aliphatic carboxylic acids is 3. The Kier molecular flexibility index (Phi) is 7.20. The molecule has 0 heterocycles. The zero-order chi connectivity index (χ0) is 10.6. The number of hydrogen-bond donors (Lipinski definition) is 1. The first-order valence-electron chi connectivity index (χ1n) is 3.11. The second kappa shape index (κ2) is 6.24. The summed E-state index contributed by atoms with van der Waals surface area (Å²) in [5, 5.41) is 38.9. The predicted octanol–water partition coefficient (Wildman–Crippen LogP) is -5.25. The average Bonchev–Trinajstić information content (AvgIpc) is 1.82. The summed E-state index contributed by atoms with van der Waals surface area (Å²) in [5.41, 5.74) is -2.97. The zero-order valence-corrected chi connectivity index (χ0v) is 9.34. The molecule has 0 saturated heterocycles. The fraction of sp³-hybridized carbons (Fsp3) is 0.500. The van der Waals surface area contributed by atoms with Gasteiger partial charge < -0.3 is 34.8 Å². The Morgan fingerprint density at radius 2 is 1.29 bits per heavy atom. The van der Waals surface area contributed by atoms with Gasteiger partial charge in [-0.3, -0.25) is 0 Å². The molecule has 1 radical (unpaired) electrons. The summed E-state index contributed by atoms with van der Waals surface area (Å²) in [6.45, 7) is 0. The van der Waals surface area contributed by atoms with E-state index in [1.165, 1.54) is 0 Å². The smallest absolute Gasteiger partial charge is 0.550 e. The van der Waals surface area contributed by atoms with E-state index < -0.39 is 36.4 Å². The molecule has 0 bridgehead atoms. The van der Waals surface area contributed by atoms with Gasteiger partial charge in [0.1, 0.15) is 5.60 Å². The first-order valence-corrected chi connectivity index (χ1v) is 3.11. The van der Waals surface area contributed by atoms with Crippen molar-refractivity contribution in [2.45, 2.75) is 18.4 Å². The monoisotopic (exact) mass is 341 g/mol. The fourth-order valence-corrected chi connectivity index (χ4v) is 0.684. The van der Waals surface area contributed by atoms with Crippen molar-refractivity contribution in [3.05, 3.63) is 0 Å². The molecule has 0 saturated carbocycles. The normalized spacial score (nSPS) is 10.1. The number of rotatable bonds is 5. The van der Waals surface area contributed by atoms with Crippen molar-refractivity contribution in [3.63, 3.8) is 0 Å². The molecule has 8 heteroatoms. The van der Waals surface area contributed by atoms with Crippen LogP contribution >= 0.6 is 0 Å². The van der Waals surface area contributed by atoms with Gasteiger partial charge >= 0.3 is 40.4 Å². The van der Waals surface area contributed by atoms with E-state index >= 15 is 0 Å². The van der Waals surface area contributed by atoms with Gasteiger partial charge in [0, 0.05) is 24.8 Å². The maximum atomic E-state index is 10.1. The van der Waals surface area contributed by atoms with E-state index in [1.54, 1.807) is 0 Å². The third kappa shape index (κ3) is 5.44. The van der Waals surface area contributed by atoms with E-state index in [0.29, 0.717) is 0 Å². The third-order valence-electron chi connectivity index (χ3n) is 1.25. The maximum Gasteiger partial charge on any atom is 3.00 e. The van der Waals surface area contributed by atoms with Crippen LogP contribution in [0, 0.1) is 40.4 Å². The van der Waals surface area contributed by atoms with Crippen molar-refractivity contribution >= 4 is 17.9 Å². The quantitative estimate of drug-likeness (QED) is 0.527. The van der Waals surface area contributed by atoms with Crippen LogP contribution in [0.25, 0.3) is 0 Å². The molecule has 0 aliphatic carbocycles. The summed E-state index contributed by atoms with van der Waals surface area (Å²) in [6.07, 6.45) is -2.72. The molecular formula is C6H5O7Sm. The van der Waals surface area contributed by atoms with E-state index in [0.717, 1.165) is 0 Å². The molecule has 0 atom stereocenters. The second-order valence-corrected chi connectivity index (χ2v) is 2.42. The van der Waals surface area contributed by atoms with Crippen LogP contribution in [0.4, 0.5) is 0 Å². The van der Waals surface area contributed by atoms with Gasteiger partial charge in [0.15, 0.2) is 0 Å². The standard InChI is InChI=1S/C6H8O7.Sm/c7-3(8)1-6(13,5(11)12)2-4(9)10;/h13H,1-2H2,(H,7,8)(H,9,10)(H,11,12);/q;+3/p-3. The Labute approximate surface area is 111 Å². The predicted molar refractivity (Wildman–Crippen MR) is 29.2 cm³/mol. The molecule has 0 aromatic rings. The molecule has 0 rings (SSSR count).